The van der Waals surface area contributed by atoms with E-state index in [0.717, 1.165) is 18.4 Å². The van der Waals surface area contributed by atoms with Gasteiger partial charge in [-0.05, 0) is 50.3 Å². The lowest BCUT2D eigenvalue weighted by Crippen LogP contribution is -2.25. The summed E-state index contributed by atoms with van der Waals surface area (Å²) in [5.74, 6) is -0.141. The van der Waals surface area contributed by atoms with E-state index < -0.39 is 5.60 Å². The van der Waals surface area contributed by atoms with Crippen molar-refractivity contribution in [3.63, 3.8) is 0 Å². The van der Waals surface area contributed by atoms with Gasteiger partial charge in [-0.2, -0.15) is 0 Å². The largest absolute Gasteiger partial charge is 0.460 e. The van der Waals surface area contributed by atoms with Crippen LogP contribution >= 0.6 is 0 Å². The molecule has 0 aliphatic rings. The maximum atomic E-state index is 11.9. The summed E-state index contributed by atoms with van der Waals surface area (Å²) < 4.78 is 5.40. The molecule has 100 valence electrons. The molecule has 0 bridgehead atoms. The summed E-state index contributed by atoms with van der Waals surface area (Å²) in [7, 11) is 0. The van der Waals surface area contributed by atoms with E-state index in [0.29, 0.717) is 6.42 Å². The molecular weight excluding hydrogens is 224 g/mol. The Labute approximate surface area is 110 Å². The van der Waals surface area contributed by atoms with Crippen molar-refractivity contribution in [2.24, 2.45) is 0 Å². The van der Waals surface area contributed by atoms with Crippen molar-refractivity contribution in [1.29, 1.82) is 0 Å². The molecule has 0 saturated carbocycles. The first-order chi connectivity index (χ1) is 8.37. The van der Waals surface area contributed by atoms with Crippen molar-refractivity contribution in [2.45, 2.75) is 59.5 Å². The lowest BCUT2D eigenvalue weighted by Gasteiger charge is -2.20. The van der Waals surface area contributed by atoms with Gasteiger partial charge in [0.25, 0.3) is 0 Å². The predicted molar refractivity (Wildman–Crippen MR) is 74.7 cm³/mol. The van der Waals surface area contributed by atoms with Crippen LogP contribution in [0.2, 0.25) is 0 Å². The number of hydrogen-bond acceptors (Lipinski definition) is 2. The molecule has 1 rings (SSSR count). The molecule has 0 saturated heterocycles. The summed E-state index contributed by atoms with van der Waals surface area (Å²) in [6, 6.07) is 6.26. The Kier molecular flexibility index (Phi) is 4.94. The normalized spacial score (nSPS) is 11.4. The molecule has 0 spiro atoms. The van der Waals surface area contributed by atoms with Crippen molar-refractivity contribution in [1.82, 2.24) is 0 Å². The molecule has 0 heterocycles. The van der Waals surface area contributed by atoms with Crippen molar-refractivity contribution in [3.8, 4) is 0 Å². The minimum absolute atomic E-state index is 0.141. The second kappa shape index (κ2) is 6.03. The summed E-state index contributed by atoms with van der Waals surface area (Å²) in [5.41, 5.74) is 3.24. The zero-order valence-corrected chi connectivity index (χ0v) is 12.2. The molecule has 0 atom stereocenters. The lowest BCUT2D eigenvalue weighted by atomic mass is 9.95. The summed E-state index contributed by atoms with van der Waals surface area (Å²) in [6.45, 7) is 9.94. The first-order valence-electron chi connectivity index (χ1n) is 6.68. The third kappa shape index (κ3) is 4.17. The van der Waals surface area contributed by atoms with Crippen LogP contribution in [0.4, 0.5) is 0 Å². The predicted octanol–water partition coefficient (Wildman–Crippen LogP) is 3.70. The topological polar surface area (TPSA) is 26.3 Å². The van der Waals surface area contributed by atoms with Crippen LogP contribution in [-0.4, -0.2) is 11.6 Å². The van der Waals surface area contributed by atoms with Crippen molar-refractivity contribution in [2.75, 3.05) is 0 Å². The molecule has 0 radical (unpaired) electrons. The number of rotatable bonds is 4. The third-order valence-corrected chi connectivity index (χ3v) is 2.87. The van der Waals surface area contributed by atoms with Gasteiger partial charge >= 0.3 is 5.97 Å². The molecule has 0 aliphatic carbocycles. The van der Waals surface area contributed by atoms with Gasteiger partial charge in [0, 0.05) is 0 Å². The standard InChI is InChI=1S/C16H24O2/c1-6-12-9-8-10-13(7-2)14(12)11-15(17)18-16(3,4)5/h8-10H,6-7,11H2,1-5H3. The molecule has 0 amide bonds. The average molecular weight is 248 g/mol. The monoisotopic (exact) mass is 248 g/mol. The third-order valence-electron chi connectivity index (χ3n) is 2.87. The van der Waals surface area contributed by atoms with E-state index in [-0.39, 0.29) is 5.97 Å². The Morgan fingerprint density at radius 2 is 1.61 bits per heavy atom. The minimum Gasteiger partial charge on any atom is -0.460 e. The second-order valence-electron chi connectivity index (χ2n) is 5.53. The zero-order chi connectivity index (χ0) is 13.8. The Morgan fingerprint density at radius 1 is 1.11 bits per heavy atom. The smallest absolute Gasteiger partial charge is 0.310 e. The molecular formula is C16H24O2. The fraction of sp³-hybridized carbons (Fsp3) is 0.562. The van der Waals surface area contributed by atoms with Gasteiger partial charge in [-0.3, -0.25) is 4.79 Å². The van der Waals surface area contributed by atoms with Crippen LogP contribution in [0.25, 0.3) is 0 Å². The molecule has 0 aliphatic heterocycles. The molecule has 0 aromatic heterocycles. The molecule has 2 nitrogen and oxygen atoms in total. The van der Waals surface area contributed by atoms with E-state index in [1.807, 2.05) is 20.8 Å². The molecule has 18 heavy (non-hydrogen) atoms. The van der Waals surface area contributed by atoms with Gasteiger partial charge in [-0.25, -0.2) is 0 Å². The van der Waals surface area contributed by atoms with E-state index in [9.17, 15) is 4.79 Å². The fourth-order valence-electron chi connectivity index (χ4n) is 2.10. The first-order valence-corrected chi connectivity index (χ1v) is 6.68. The maximum Gasteiger partial charge on any atom is 0.310 e. The number of hydrogen-bond donors (Lipinski definition) is 0. The van der Waals surface area contributed by atoms with Crippen molar-refractivity contribution < 1.29 is 9.53 Å². The Morgan fingerprint density at radius 3 is 2.00 bits per heavy atom. The molecule has 0 fully saturated rings. The maximum absolute atomic E-state index is 11.9. The van der Waals surface area contributed by atoms with Crippen LogP contribution in [0, 0.1) is 0 Å². The summed E-state index contributed by atoms with van der Waals surface area (Å²) in [6.07, 6.45) is 2.28. The summed E-state index contributed by atoms with van der Waals surface area (Å²) >= 11 is 0. The highest BCUT2D eigenvalue weighted by Gasteiger charge is 2.18. The van der Waals surface area contributed by atoms with Crippen LogP contribution < -0.4 is 0 Å². The van der Waals surface area contributed by atoms with Gasteiger partial charge in [-0.15, -0.1) is 0 Å². The Balaban J connectivity index is 2.92. The fourth-order valence-corrected chi connectivity index (χ4v) is 2.10. The first kappa shape index (κ1) is 14.7. The van der Waals surface area contributed by atoms with Gasteiger partial charge in [0.15, 0.2) is 0 Å². The van der Waals surface area contributed by atoms with Gasteiger partial charge in [-0.1, -0.05) is 32.0 Å². The second-order valence-corrected chi connectivity index (χ2v) is 5.53. The number of aryl methyl sites for hydroxylation is 2. The van der Waals surface area contributed by atoms with Crippen LogP contribution in [0.3, 0.4) is 0 Å². The number of benzene rings is 1. The highest BCUT2D eigenvalue weighted by molar-refractivity contribution is 5.74. The zero-order valence-electron chi connectivity index (χ0n) is 12.2. The average Bonchev–Trinajstić information content (AvgIpc) is 2.26. The Hall–Kier alpha value is -1.31. The number of ether oxygens (including phenoxy) is 1. The van der Waals surface area contributed by atoms with Gasteiger partial charge < -0.3 is 4.74 Å². The van der Waals surface area contributed by atoms with E-state index in [2.05, 4.69) is 32.0 Å². The lowest BCUT2D eigenvalue weighted by molar-refractivity contribution is -0.153. The number of carbonyl (C=O) groups excluding carboxylic acids is 1. The van der Waals surface area contributed by atoms with Crippen molar-refractivity contribution in [3.05, 3.63) is 34.9 Å². The molecule has 0 unspecified atom stereocenters. The molecule has 1 aromatic carbocycles. The molecule has 0 N–H and O–H groups in total. The van der Waals surface area contributed by atoms with Crippen LogP contribution in [0.15, 0.2) is 18.2 Å². The van der Waals surface area contributed by atoms with Crippen LogP contribution in [0.5, 0.6) is 0 Å². The number of carbonyl (C=O) groups is 1. The van der Waals surface area contributed by atoms with E-state index in [1.165, 1.54) is 11.1 Å². The summed E-state index contributed by atoms with van der Waals surface area (Å²) in [4.78, 5) is 11.9. The highest BCUT2D eigenvalue weighted by Crippen LogP contribution is 2.19. The van der Waals surface area contributed by atoms with E-state index in [1.54, 1.807) is 0 Å². The van der Waals surface area contributed by atoms with Gasteiger partial charge in [0.2, 0.25) is 0 Å². The van der Waals surface area contributed by atoms with Crippen LogP contribution in [-0.2, 0) is 28.8 Å². The number of esters is 1. The van der Waals surface area contributed by atoms with Gasteiger partial charge in [0.05, 0.1) is 6.42 Å². The highest BCUT2D eigenvalue weighted by atomic mass is 16.6. The van der Waals surface area contributed by atoms with E-state index >= 15 is 0 Å². The summed E-state index contributed by atoms with van der Waals surface area (Å²) in [5, 5.41) is 0. The van der Waals surface area contributed by atoms with Crippen LogP contribution in [0.1, 0.15) is 51.3 Å². The molecule has 2 heteroatoms. The minimum atomic E-state index is -0.412. The van der Waals surface area contributed by atoms with E-state index in [4.69, 9.17) is 4.74 Å². The van der Waals surface area contributed by atoms with Gasteiger partial charge in [0.1, 0.15) is 5.60 Å². The SMILES string of the molecule is CCc1cccc(CC)c1CC(=O)OC(C)(C)C. The van der Waals surface area contributed by atoms with Crippen molar-refractivity contribution >= 4 is 5.97 Å². The molecule has 1 aromatic rings. The Bertz CT molecular complexity index is 391. The quantitative estimate of drug-likeness (QED) is 0.759.